The van der Waals surface area contributed by atoms with Crippen molar-refractivity contribution in [2.45, 2.75) is 18.8 Å². The third kappa shape index (κ3) is 1.96. The van der Waals surface area contributed by atoms with Gasteiger partial charge in [0.15, 0.2) is 0 Å². The van der Waals surface area contributed by atoms with Crippen molar-refractivity contribution >= 4 is 21.4 Å². The number of hydrogen-bond donors (Lipinski definition) is 1. The Bertz CT molecular complexity index is 544. The van der Waals surface area contributed by atoms with Crippen LogP contribution >= 0.6 is 11.3 Å². The number of thiophene rings is 1. The maximum atomic E-state index is 13.8. The Hall–Kier alpha value is -1.00. The number of piperidine rings is 1. The van der Waals surface area contributed by atoms with E-state index in [1.54, 1.807) is 0 Å². The molecule has 0 bridgehead atoms. The molecule has 1 aliphatic heterocycles. The van der Waals surface area contributed by atoms with Gasteiger partial charge in [0.2, 0.25) is 0 Å². The Labute approximate surface area is 102 Å². The molecule has 0 saturated carbocycles. The highest BCUT2D eigenvalue weighted by atomic mass is 32.1. The molecule has 0 amide bonds. The predicted molar refractivity (Wildman–Crippen MR) is 66.6 cm³/mol. The third-order valence-electron chi connectivity index (χ3n) is 3.40. The topological polar surface area (TPSA) is 12.0 Å². The van der Waals surface area contributed by atoms with Crippen molar-refractivity contribution < 1.29 is 8.78 Å². The average molecular weight is 253 g/mol. The lowest BCUT2D eigenvalue weighted by molar-refractivity contribution is 0.462. The molecule has 3 rings (SSSR count). The number of fused-ring (bicyclic) bond motifs is 1. The maximum absolute atomic E-state index is 13.8. The fraction of sp³-hybridized carbons (Fsp3) is 0.385. The van der Waals surface area contributed by atoms with Crippen molar-refractivity contribution in [3.05, 3.63) is 34.7 Å². The van der Waals surface area contributed by atoms with Crippen molar-refractivity contribution in [2.75, 3.05) is 13.1 Å². The molecule has 90 valence electrons. The van der Waals surface area contributed by atoms with E-state index in [0.717, 1.165) is 42.3 Å². The molecule has 0 unspecified atom stereocenters. The van der Waals surface area contributed by atoms with Gasteiger partial charge < -0.3 is 5.32 Å². The van der Waals surface area contributed by atoms with Crippen molar-refractivity contribution in [1.29, 1.82) is 0 Å². The fourth-order valence-corrected chi connectivity index (χ4v) is 3.62. The monoisotopic (exact) mass is 253 g/mol. The third-order valence-corrected chi connectivity index (χ3v) is 4.35. The first-order chi connectivity index (χ1) is 8.25. The summed E-state index contributed by atoms with van der Waals surface area (Å²) in [4.78, 5) is 0. The summed E-state index contributed by atoms with van der Waals surface area (Å²) in [6, 6.07) is 2.41. The highest BCUT2D eigenvalue weighted by Gasteiger charge is 2.20. The van der Waals surface area contributed by atoms with Gasteiger partial charge in [0.1, 0.15) is 11.6 Å². The Morgan fingerprint density at radius 3 is 2.71 bits per heavy atom. The van der Waals surface area contributed by atoms with E-state index in [9.17, 15) is 8.78 Å². The van der Waals surface area contributed by atoms with Gasteiger partial charge >= 0.3 is 0 Å². The number of benzene rings is 1. The van der Waals surface area contributed by atoms with Crippen molar-refractivity contribution in [2.24, 2.45) is 0 Å². The number of halogens is 2. The second kappa shape index (κ2) is 4.35. The Morgan fingerprint density at radius 1 is 1.18 bits per heavy atom. The van der Waals surface area contributed by atoms with Gasteiger partial charge in [-0.25, -0.2) is 8.78 Å². The van der Waals surface area contributed by atoms with Gasteiger partial charge in [0.25, 0.3) is 0 Å². The molecule has 1 saturated heterocycles. The van der Waals surface area contributed by atoms with E-state index in [0.29, 0.717) is 11.3 Å². The molecule has 0 spiro atoms. The van der Waals surface area contributed by atoms with Crippen LogP contribution in [-0.2, 0) is 0 Å². The number of rotatable bonds is 1. The van der Waals surface area contributed by atoms with Gasteiger partial charge in [-0.2, -0.15) is 0 Å². The van der Waals surface area contributed by atoms with Gasteiger partial charge in [0, 0.05) is 16.2 Å². The standard InChI is InChI=1S/C13H13F2NS/c14-9-5-11(15)13-10(7-17-12(13)6-9)8-1-3-16-4-2-8/h5-8,16H,1-4H2. The van der Waals surface area contributed by atoms with Crippen LogP contribution in [0.25, 0.3) is 10.1 Å². The van der Waals surface area contributed by atoms with E-state index in [1.165, 1.54) is 17.4 Å². The van der Waals surface area contributed by atoms with E-state index in [4.69, 9.17) is 0 Å². The van der Waals surface area contributed by atoms with Crippen LogP contribution in [0.3, 0.4) is 0 Å². The van der Waals surface area contributed by atoms with Crippen LogP contribution < -0.4 is 5.32 Å². The minimum Gasteiger partial charge on any atom is -0.317 e. The minimum atomic E-state index is -0.492. The van der Waals surface area contributed by atoms with Crippen LogP contribution in [0.4, 0.5) is 8.78 Å². The lowest BCUT2D eigenvalue weighted by Crippen LogP contribution is -2.26. The van der Waals surface area contributed by atoms with Crippen molar-refractivity contribution in [3.8, 4) is 0 Å². The quantitative estimate of drug-likeness (QED) is 0.818. The molecular weight excluding hydrogens is 240 g/mol. The van der Waals surface area contributed by atoms with Crippen LogP contribution in [0.2, 0.25) is 0 Å². The van der Waals surface area contributed by atoms with E-state index >= 15 is 0 Å². The minimum absolute atomic E-state index is 0.407. The number of hydrogen-bond acceptors (Lipinski definition) is 2. The van der Waals surface area contributed by atoms with Crippen LogP contribution in [0.1, 0.15) is 24.3 Å². The van der Waals surface area contributed by atoms with Crippen molar-refractivity contribution in [3.63, 3.8) is 0 Å². The molecule has 2 aromatic rings. The smallest absolute Gasteiger partial charge is 0.135 e. The number of nitrogens with one attached hydrogen (secondary N) is 1. The molecule has 0 radical (unpaired) electrons. The normalized spacial score (nSPS) is 17.8. The highest BCUT2D eigenvalue weighted by Crippen LogP contribution is 2.37. The second-order valence-corrected chi connectivity index (χ2v) is 5.39. The molecule has 17 heavy (non-hydrogen) atoms. The molecule has 1 aromatic heterocycles. The summed E-state index contributed by atoms with van der Waals surface area (Å²) < 4.78 is 27.7. The van der Waals surface area contributed by atoms with Gasteiger partial charge in [0.05, 0.1) is 0 Å². The van der Waals surface area contributed by atoms with Crippen molar-refractivity contribution in [1.82, 2.24) is 5.32 Å². The summed E-state index contributed by atoms with van der Waals surface area (Å²) in [7, 11) is 0. The molecule has 1 N–H and O–H groups in total. The average Bonchev–Trinajstić information content (AvgIpc) is 2.74. The van der Waals surface area contributed by atoms with E-state index in [1.807, 2.05) is 5.38 Å². The zero-order chi connectivity index (χ0) is 11.8. The summed E-state index contributed by atoms with van der Waals surface area (Å²) in [5.74, 6) is -0.506. The summed E-state index contributed by atoms with van der Waals surface area (Å²) in [5, 5.41) is 5.92. The SMILES string of the molecule is Fc1cc(F)c2c(C3CCNCC3)csc2c1. The molecule has 2 heterocycles. The van der Waals surface area contributed by atoms with Crippen LogP contribution in [0.5, 0.6) is 0 Å². The molecule has 0 atom stereocenters. The first-order valence-electron chi connectivity index (χ1n) is 5.82. The zero-order valence-corrected chi connectivity index (χ0v) is 10.1. The second-order valence-electron chi connectivity index (χ2n) is 4.48. The van der Waals surface area contributed by atoms with Gasteiger partial charge in [-0.3, -0.25) is 0 Å². The summed E-state index contributed by atoms with van der Waals surface area (Å²) in [5.41, 5.74) is 1.06. The van der Waals surface area contributed by atoms with Crippen LogP contribution in [-0.4, -0.2) is 13.1 Å². The summed E-state index contributed by atoms with van der Waals surface area (Å²) in [6.07, 6.45) is 2.06. The largest absolute Gasteiger partial charge is 0.317 e. The lowest BCUT2D eigenvalue weighted by Gasteiger charge is -2.22. The highest BCUT2D eigenvalue weighted by molar-refractivity contribution is 7.17. The predicted octanol–water partition coefficient (Wildman–Crippen LogP) is 3.65. The summed E-state index contributed by atoms with van der Waals surface area (Å²) >= 11 is 1.44. The fourth-order valence-electron chi connectivity index (χ4n) is 2.54. The lowest BCUT2D eigenvalue weighted by atomic mass is 9.90. The molecule has 1 aliphatic rings. The molecule has 1 aromatic carbocycles. The Balaban J connectivity index is 2.10. The zero-order valence-electron chi connectivity index (χ0n) is 9.30. The first kappa shape index (κ1) is 11.1. The van der Waals surface area contributed by atoms with E-state index in [2.05, 4.69) is 5.32 Å². The van der Waals surface area contributed by atoms with Crippen LogP contribution in [0, 0.1) is 11.6 Å². The van der Waals surface area contributed by atoms with E-state index in [-0.39, 0.29) is 0 Å². The molecule has 4 heteroatoms. The Morgan fingerprint density at radius 2 is 1.94 bits per heavy atom. The van der Waals surface area contributed by atoms with Crippen LogP contribution in [0.15, 0.2) is 17.5 Å². The Kier molecular flexibility index (Phi) is 2.84. The maximum Gasteiger partial charge on any atom is 0.135 e. The summed E-state index contributed by atoms with van der Waals surface area (Å²) in [6.45, 7) is 1.95. The molecule has 1 fully saturated rings. The molecule has 1 nitrogen and oxygen atoms in total. The molecular formula is C13H13F2NS. The van der Waals surface area contributed by atoms with Gasteiger partial charge in [-0.1, -0.05) is 0 Å². The first-order valence-corrected chi connectivity index (χ1v) is 6.70. The van der Waals surface area contributed by atoms with Gasteiger partial charge in [-0.05, 0) is 48.9 Å². The van der Waals surface area contributed by atoms with Gasteiger partial charge in [-0.15, -0.1) is 11.3 Å². The molecule has 0 aliphatic carbocycles. The van der Waals surface area contributed by atoms with E-state index < -0.39 is 11.6 Å².